The molecule has 0 atom stereocenters. The lowest BCUT2D eigenvalue weighted by molar-refractivity contribution is -0.138. The normalized spacial score (nSPS) is 12.5. The first-order valence-corrected chi connectivity index (χ1v) is 13.2. The van der Waals surface area contributed by atoms with Gasteiger partial charge in [-0.1, -0.05) is 13.3 Å². The van der Waals surface area contributed by atoms with Crippen molar-refractivity contribution in [2.45, 2.75) is 39.5 Å². The third kappa shape index (κ3) is 5.85. The Balaban J connectivity index is 1.81. The topological polar surface area (TPSA) is 83.5 Å². The first kappa shape index (κ1) is 26.4. The quantitative estimate of drug-likeness (QED) is 0.230. The van der Waals surface area contributed by atoms with Crippen LogP contribution in [0.25, 0.3) is 17.2 Å². The zero-order valence-electron chi connectivity index (χ0n) is 21.6. The van der Waals surface area contributed by atoms with Gasteiger partial charge in [0.2, 0.25) is 6.79 Å². The van der Waals surface area contributed by atoms with Crippen molar-refractivity contribution in [3.8, 4) is 39.9 Å². The second-order valence-electron chi connectivity index (χ2n) is 8.57. The van der Waals surface area contributed by atoms with Crippen molar-refractivity contribution in [2.24, 2.45) is 0 Å². The number of aryl methyl sites for hydroxylation is 1. The van der Waals surface area contributed by atoms with E-state index in [4.69, 9.17) is 23.7 Å². The third-order valence-electron chi connectivity index (χ3n) is 6.17. The fraction of sp³-hybridized carbons (Fsp3) is 0.345. The Morgan fingerprint density at radius 1 is 1.08 bits per heavy atom. The smallest absolute Gasteiger partial charge is 0.334 e. The summed E-state index contributed by atoms with van der Waals surface area (Å²) in [5.74, 6) is 2.11. The number of rotatable bonds is 11. The molecule has 3 aromatic rings. The lowest BCUT2D eigenvalue weighted by atomic mass is 9.95. The van der Waals surface area contributed by atoms with Crippen LogP contribution in [0.4, 0.5) is 0 Å². The van der Waals surface area contributed by atoms with Gasteiger partial charge < -0.3 is 28.8 Å². The van der Waals surface area contributed by atoms with E-state index in [-0.39, 0.29) is 25.6 Å². The van der Waals surface area contributed by atoms with Crippen LogP contribution in [-0.2, 0) is 22.4 Å². The van der Waals surface area contributed by atoms with E-state index < -0.39 is 5.97 Å². The van der Waals surface area contributed by atoms with Crippen LogP contribution in [-0.4, -0.2) is 38.7 Å². The van der Waals surface area contributed by atoms with Gasteiger partial charge in [0.25, 0.3) is 0 Å². The van der Waals surface area contributed by atoms with Crippen LogP contribution < -0.4 is 18.9 Å². The molecule has 0 spiro atoms. The highest BCUT2D eigenvalue weighted by Gasteiger charge is 2.23. The van der Waals surface area contributed by atoms with E-state index in [1.54, 1.807) is 44.6 Å². The number of thiophene rings is 1. The molecule has 1 aliphatic rings. The number of esters is 1. The van der Waals surface area contributed by atoms with E-state index >= 15 is 0 Å². The molecule has 1 aromatic heterocycles. The summed E-state index contributed by atoms with van der Waals surface area (Å²) >= 11 is 1.54. The first-order valence-electron chi connectivity index (χ1n) is 12.3. The van der Waals surface area contributed by atoms with Gasteiger partial charge in [0, 0.05) is 45.7 Å². The van der Waals surface area contributed by atoms with Gasteiger partial charge in [-0.15, -0.1) is 11.3 Å². The number of aromatic hydroxyl groups is 1. The highest BCUT2D eigenvalue weighted by Crippen LogP contribution is 2.42. The molecule has 7 nitrogen and oxygen atoms in total. The molecule has 0 saturated carbocycles. The molecule has 0 radical (unpaired) electrons. The van der Waals surface area contributed by atoms with Gasteiger partial charge in [-0.25, -0.2) is 4.79 Å². The highest BCUT2D eigenvalue weighted by molar-refractivity contribution is 7.11. The molecular formula is C29H32O7S. The van der Waals surface area contributed by atoms with Gasteiger partial charge in [0.15, 0.2) is 11.5 Å². The minimum Gasteiger partial charge on any atom is -0.507 e. The Hall–Kier alpha value is -3.65. The fourth-order valence-corrected chi connectivity index (χ4v) is 5.36. The highest BCUT2D eigenvalue weighted by atomic mass is 32.1. The van der Waals surface area contributed by atoms with Crippen LogP contribution in [0.3, 0.4) is 0 Å². The number of phenols is 1. The summed E-state index contributed by atoms with van der Waals surface area (Å²) in [4.78, 5) is 14.0. The van der Waals surface area contributed by atoms with Gasteiger partial charge in [-0.05, 0) is 55.0 Å². The number of benzene rings is 2. The number of carbonyl (C=O) groups is 1. The number of carbonyl (C=O) groups excluding carboxylic acids is 1. The van der Waals surface area contributed by atoms with Crippen molar-refractivity contribution in [3.63, 3.8) is 0 Å². The Labute approximate surface area is 221 Å². The van der Waals surface area contributed by atoms with Gasteiger partial charge in [0.1, 0.15) is 17.2 Å². The number of hydrogen-bond donors (Lipinski definition) is 1. The fourth-order valence-electron chi connectivity index (χ4n) is 4.29. The second-order valence-corrected chi connectivity index (χ2v) is 9.48. The zero-order valence-corrected chi connectivity index (χ0v) is 22.4. The average molecular weight is 525 g/mol. The summed E-state index contributed by atoms with van der Waals surface area (Å²) in [5.41, 5.74) is 3.99. The van der Waals surface area contributed by atoms with E-state index in [0.29, 0.717) is 34.1 Å². The zero-order chi connectivity index (χ0) is 26.4. The van der Waals surface area contributed by atoms with Crippen molar-refractivity contribution >= 4 is 23.4 Å². The Bertz CT molecular complexity index is 1290. The van der Waals surface area contributed by atoms with E-state index in [1.165, 1.54) is 0 Å². The number of phenolic OH excluding ortho intramolecular Hbond substituents is 1. The van der Waals surface area contributed by atoms with Gasteiger partial charge in [-0.2, -0.15) is 0 Å². The van der Waals surface area contributed by atoms with Crippen LogP contribution in [0, 0.1) is 0 Å². The minimum absolute atomic E-state index is 0.125. The number of hydrogen-bond acceptors (Lipinski definition) is 8. The third-order valence-corrected chi connectivity index (χ3v) is 7.15. The van der Waals surface area contributed by atoms with Crippen LogP contribution in [0.5, 0.6) is 28.7 Å². The van der Waals surface area contributed by atoms with Crippen molar-refractivity contribution < 1.29 is 33.6 Å². The standard InChI is InChI=1S/C29H32O7S/c1-5-7-8-18-16-37-27(28(18)22-10-9-21(32-3)14-23(22)30)13-20(29(31)34-6-2)11-19-12-25-26(36-17-35-25)15-24(19)33-4/h9-10,12-16,30H,5-8,11,17H2,1-4H3. The predicted molar refractivity (Wildman–Crippen MR) is 144 cm³/mol. The molecule has 1 N–H and O–H groups in total. The lowest BCUT2D eigenvalue weighted by Gasteiger charge is -2.13. The molecule has 2 aromatic carbocycles. The molecule has 8 heteroatoms. The molecular weight excluding hydrogens is 492 g/mol. The molecule has 196 valence electrons. The van der Waals surface area contributed by atoms with Gasteiger partial charge in [0.05, 0.1) is 20.8 Å². The lowest BCUT2D eigenvalue weighted by Crippen LogP contribution is -2.10. The second kappa shape index (κ2) is 12.1. The molecule has 0 saturated heterocycles. The van der Waals surface area contributed by atoms with Crippen molar-refractivity contribution in [1.29, 1.82) is 0 Å². The molecule has 2 heterocycles. The molecule has 1 aliphatic heterocycles. The maximum Gasteiger partial charge on any atom is 0.334 e. The molecule has 0 amide bonds. The van der Waals surface area contributed by atoms with Gasteiger partial charge in [-0.3, -0.25) is 0 Å². The molecule has 0 aliphatic carbocycles. The summed E-state index contributed by atoms with van der Waals surface area (Å²) in [6.45, 7) is 4.33. The van der Waals surface area contributed by atoms with E-state index in [2.05, 4.69) is 12.3 Å². The minimum atomic E-state index is -0.407. The van der Waals surface area contributed by atoms with Crippen molar-refractivity contribution in [2.75, 3.05) is 27.6 Å². The van der Waals surface area contributed by atoms with Gasteiger partial charge >= 0.3 is 5.97 Å². The molecule has 0 unspecified atom stereocenters. The van der Waals surface area contributed by atoms with E-state index in [9.17, 15) is 9.90 Å². The SMILES string of the molecule is CCCCc1csc(C=C(Cc2cc3c(cc2OC)OCO3)C(=O)OCC)c1-c1ccc(OC)cc1O. The summed E-state index contributed by atoms with van der Waals surface area (Å²) in [6, 6.07) is 8.90. The number of fused-ring (bicyclic) bond motifs is 1. The monoisotopic (exact) mass is 524 g/mol. The average Bonchev–Trinajstić information content (AvgIpc) is 3.52. The van der Waals surface area contributed by atoms with Crippen LogP contribution in [0.1, 0.15) is 42.7 Å². The number of methoxy groups -OCH3 is 2. The Morgan fingerprint density at radius 3 is 2.54 bits per heavy atom. The summed E-state index contributed by atoms with van der Waals surface area (Å²) in [5, 5.41) is 13.0. The number of ether oxygens (including phenoxy) is 5. The molecule has 37 heavy (non-hydrogen) atoms. The summed E-state index contributed by atoms with van der Waals surface area (Å²) in [7, 11) is 3.15. The Kier molecular flexibility index (Phi) is 8.61. The first-order chi connectivity index (χ1) is 18.0. The van der Waals surface area contributed by atoms with E-state index in [0.717, 1.165) is 40.8 Å². The summed E-state index contributed by atoms with van der Waals surface area (Å²) < 4.78 is 27.3. The van der Waals surface area contributed by atoms with Crippen LogP contribution >= 0.6 is 11.3 Å². The van der Waals surface area contributed by atoms with E-state index in [1.807, 2.05) is 24.3 Å². The largest absolute Gasteiger partial charge is 0.507 e. The summed E-state index contributed by atoms with van der Waals surface area (Å²) in [6.07, 6.45) is 5.07. The maximum atomic E-state index is 13.1. The van der Waals surface area contributed by atoms with Crippen LogP contribution in [0.15, 0.2) is 41.3 Å². The molecule has 0 fully saturated rings. The Morgan fingerprint density at radius 2 is 1.86 bits per heavy atom. The van der Waals surface area contributed by atoms with Crippen molar-refractivity contribution in [3.05, 3.63) is 57.3 Å². The maximum absolute atomic E-state index is 13.1. The number of unbranched alkanes of at least 4 members (excludes halogenated alkanes) is 1. The molecule has 4 rings (SSSR count). The predicted octanol–water partition coefficient (Wildman–Crippen LogP) is 6.40. The van der Waals surface area contributed by atoms with Crippen LogP contribution in [0.2, 0.25) is 0 Å². The molecule has 0 bridgehead atoms. The van der Waals surface area contributed by atoms with Crippen molar-refractivity contribution in [1.82, 2.24) is 0 Å².